The minimum absolute atomic E-state index is 0.0672. The van der Waals surface area contributed by atoms with Crippen LogP contribution in [0.5, 0.6) is 0 Å². The molecule has 0 saturated heterocycles. The highest BCUT2D eigenvalue weighted by atomic mass is 32.1. The number of nitrogens with zero attached hydrogens (tertiary/aromatic N) is 3. The minimum Gasteiger partial charge on any atom is -0.350 e. The molecule has 0 radical (unpaired) electrons. The SMILES string of the molecule is CN(C)CCN(C)c1nc2ccc(NC(=O)c3ccc(C4CCCCC4)cc3)cc2s1. The van der Waals surface area contributed by atoms with E-state index in [4.69, 9.17) is 4.98 Å². The first-order valence-corrected chi connectivity index (χ1v) is 12.0. The molecule has 1 fully saturated rings. The summed E-state index contributed by atoms with van der Waals surface area (Å²) in [7, 11) is 6.22. The molecule has 3 aromatic rings. The third-order valence-electron chi connectivity index (χ3n) is 6.09. The lowest BCUT2D eigenvalue weighted by molar-refractivity contribution is 0.102. The Hall–Kier alpha value is -2.44. The Kier molecular flexibility index (Phi) is 6.88. The zero-order chi connectivity index (χ0) is 21.8. The van der Waals surface area contributed by atoms with E-state index < -0.39 is 0 Å². The van der Waals surface area contributed by atoms with Gasteiger partial charge in [0.15, 0.2) is 5.13 Å². The second-order valence-electron chi connectivity index (χ2n) is 8.81. The molecular formula is C25H32N4OS. The van der Waals surface area contributed by atoms with E-state index in [1.54, 1.807) is 11.3 Å². The lowest BCUT2D eigenvalue weighted by Crippen LogP contribution is -2.28. The molecule has 1 N–H and O–H groups in total. The van der Waals surface area contributed by atoms with Crippen molar-refractivity contribution in [2.75, 3.05) is 44.4 Å². The third-order valence-corrected chi connectivity index (χ3v) is 7.23. The van der Waals surface area contributed by atoms with E-state index in [9.17, 15) is 4.79 Å². The summed E-state index contributed by atoms with van der Waals surface area (Å²) in [5, 5.41) is 4.05. The van der Waals surface area contributed by atoms with Crippen LogP contribution in [0.2, 0.25) is 0 Å². The molecule has 0 atom stereocenters. The van der Waals surface area contributed by atoms with Crippen molar-refractivity contribution in [3.05, 3.63) is 53.6 Å². The Labute approximate surface area is 189 Å². The maximum atomic E-state index is 12.8. The quantitative estimate of drug-likeness (QED) is 0.524. The molecule has 1 aliphatic rings. The largest absolute Gasteiger partial charge is 0.350 e. The Morgan fingerprint density at radius 3 is 2.48 bits per heavy atom. The van der Waals surface area contributed by atoms with E-state index in [2.05, 4.69) is 48.4 Å². The molecule has 0 unspecified atom stereocenters. The molecule has 0 bridgehead atoms. The zero-order valence-electron chi connectivity index (χ0n) is 18.7. The second-order valence-corrected chi connectivity index (χ2v) is 9.82. The first-order chi connectivity index (χ1) is 15.0. The molecule has 0 spiro atoms. The molecular weight excluding hydrogens is 404 g/mol. The van der Waals surface area contributed by atoms with E-state index in [-0.39, 0.29) is 5.91 Å². The predicted molar refractivity (Wildman–Crippen MR) is 132 cm³/mol. The lowest BCUT2D eigenvalue weighted by atomic mass is 9.84. The van der Waals surface area contributed by atoms with E-state index in [0.29, 0.717) is 11.5 Å². The van der Waals surface area contributed by atoms with Gasteiger partial charge in [-0.25, -0.2) is 4.98 Å². The molecule has 1 heterocycles. The van der Waals surface area contributed by atoms with Crippen LogP contribution in [0.1, 0.15) is 53.9 Å². The van der Waals surface area contributed by atoms with Crippen molar-refractivity contribution >= 4 is 38.3 Å². The normalized spacial score (nSPS) is 14.8. The van der Waals surface area contributed by atoms with Crippen molar-refractivity contribution in [1.82, 2.24) is 9.88 Å². The van der Waals surface area contributed by atoms with E-state index in [1.807, 2.05) is 30.3 Å². The van der Waals surface area contributed by atoms with Crippen molar-refractivity contribution in [3.8, 4) is 0 Å². The first kappa shape index (κ1) is 21.8. The smallest absolute Gasteiger partial charge is 0.255 e. The van der Waals surface area contributed by atoms with Crippen LogP contribution in [0, 0.1) is 0 Å². The molecule has 6 heteroatoms. The zero-order valence-corrected chi connectivity index (χ0v) is 19.5. The van der Waals surface area contributed by atoms with Gasteiger partial charge in [0, 0.05) is 31.4 Å². The molecule has 164 valence electrons. The van der Waals surface area contributed by atoms with Crippen LogP contribution in [0.15, 0.2) is 42.5 Å². The van der Waals surface area contributed by atoms with Crippen LogP contribution in [0.4, 0.5) is 10.8 Å². The highest BCUT2D eigenvalue weighted by Gasteiger charge is 2.16. The maximum absolute atomic E-state index is 12.8. The van der Waals surface area contributed by atoms with Gasteiger partial charge in [-0.1, -0.05) is 42.7 Å². The Morgan fingerprint density at radius 1 is 1.03 bits per heavy atom. The van der Waals surface area contributed by atoms with Crippen molar-refractivity contribution < 1.29 is 4.79 Å². The fraction of sp³-hybridized carbons (Fsp3) is 0.440. The highest BCUT2D eigenvalue weighted by Crippen LogP contribution is 2.33. The van der Waals surface area contributed by atoms with Crippen LogP contribution in [-0.4, -0.2) is 50.0 Å². The van der Waals surface area contributed by atoms with Crippen molar-refractivity contribution in [2.45, 2.75) is 38.0 Å². The molecule has 4 rings (SSSR count). The number of benzene rings is 2. The Bertz CT molecular complexity index is 1020. The summed E-state index contributed by atoms with van der Waals surface area (Å²) in [4.78, 5) is 21.8. The predicted octanol–water partition coefficient (Wildman–Crippen LogP) is 5.59. The van der Waals surface area contributed by atoms with Gasteiger partial charge in [-0.2, -0.15) is 0 Å². The van der Waals surface area contributed by atoms with Crippen LogP contribution in [-0.2, 0) is 0 Å². The van der Waals surface area contributed by atoms with E-state index >= 15 is 0 Å². The molecule has 1 aromatic heterocycles. The van der Waals surface area contributed by atoms with Crippen LogP contribution < -0.4 is 10.2 Å². The number of amides is 1. The number of likely N-dealkylation sites (N-methyl/N-ethyl adjacent to an activating group) is 2. The Balaban J connectivity index is 1.42. The average Bonchev–Trinajstić information content (AvgIpc) is 3.21. The second kappa shape index (κ2) is 9.79. The van der Waals surface area contributed by atoms with Gasteiger partial charge in [0.1, 0.15) is 0 Å². The van der Waals surface area contributed by atoms with Gasteiger partial charge in [-0.15, -0.1) is 0 Å². The van der Waals surface area contributed by atoms with E-state index in [1.165, 1.54) is 37.7 Å². The maximum Gasteiger partial charge on any atom is 0.255 e. The topological polar surface area (TPSA) is 48.5 Å². The number of rotatable bonds is 7. The fourth-order valence-electron chi connectivity index (χ4n) is 4.14. The monoisotopic (exact) mass is 436 g/mol. The summed E-state index contributed by atoms with van der Waals surface area (Å²) in [6.45, 7) is 1.90. The van der Waals surface area contributed by atoms with Crippen molar-refractivity contribution in [2.24, 2.45) is 0 Å². The van der Waals surface area contributed by atoms with Gasteiger partial charge < -0.3 is 15.1 Å². The van der Waals surface area contributed by atoms with Crippen molar-refractivity contribution in [3.63, 3.8) is 0 Å². The van der Waals surface area contributed by atoms with Gasteiger partial charge in [0.25, 0.3) is 5.91 Å². The summed E-state index contributed by atoms with van der Waals surface area (Å²) in [6.07, 6.45) is 6.54. The molecule has 2 aromatic carbocycles. The van der Waals surface area contributed by atoms with Crippen LogP contribution >= 0.6 is 11.3 Å². The standard InChI is InChI=1S/C25H32N4OS/c1-28(2)15-16-29(3)25-27-22-14-13-21(17-23(22)31-25)26-24(30)20-11-9-19(10-12-20)18-7-5-4-6-8-18/h9-14,17-18H,4-8,15-16H2,1-3H3,(H,26,30). The Morgan fingerprint density at radius 2 is 1.77 bits per heavy atom. The summed E-state index contributed by atoms with van der Waals surface area (Å²) < 4.78 is 1.08. The van der Waals surface area contributed by atoms with Gasteiger partial charge in [0.05, 0.1) is 10.2 Å². The molecule has 1 aliphatic carbocycles. The third kappa shape index (κ3) is 5.43. The number of thiazole rings is 1. The number of fused-ring (bicyclic) bond motifs is 1. The van der Waals surface area contributed by atoms with Gasteiger partial charge in [-0.05, 0) is 68.8 Å². The number of carbonyl (C=O) groups excluding carboxylic acids is 1. The first-order valence-electron chi connectivity index (χ1n) is 11.2. The summed E-state index contributed by atoms with van der Waals surface area (Å²) >= 11 is 1.66. The summed E-state index contributed by atoms with van der Waals surface area (Å²) in [5.41, 5.74) is 3.84. The van der Waals surface area contributed by atoms with Crippen LogP contribution in [0.3, 0.4) is 0 Å². The average molecular weight is 437 g/mol. The number of nitrogens with one attached hydrogen (secondary N) is 1. The number of hydrogen-bond donors (Lipinski definition) is 1. The summed E-state index contributed by atoms with van der Waals surface area (Å²) in [6, 6.07) is 14.1. The number of aromatic nitrogens is 1. The van der Waals surface area contributed by atoms with Crippen LogP contribution in [0.25, 0.3) is 10.2 Å². The van der Waals surface area contributed by atoms with Gasteiger partial charge in [0.2, 0.25) is 0 Å². The minimum atomic E-state index is -0.0672. The lowest BCUT2D eigenvalue weighted by Gasteiger charge is -2.22. The van der Waals surface area contributed by atoms with Crippen molar-refractivity contribution in [1.29, 1.82) is 0 Å². The molecule has 1 saturated carbocycles. The molecule has 31 heavy (non-hydrogen) atoms. The molecule has 1 amide bonds. The molecule has 0 aliphatic heterocycles. The number of anilines is 2. The highest BCUT2D eigenvalue weighted by molar-refractivity contribution is 7.22. The fourth-order valence-corrected chi connectivity index (χ4v) is 5.14. The van der Waals surface area contributed by atoms with Gasteiger partial charge in [-0.3, -0.25) is 4.79 Å². The van der Waals surface area contributed by atoms with Gasteiger partial charge >= 0.3 is 0 Å². The molecule has 5 nitrogen and oxygen atoms in total. The number of hydrogen-bond acceptors (Lipinski definition) is 5. The van der Waals surface area contributed by atoms with E-state index in [0.717, 1.165) is 34.1 Å². The number of carbonyl (C=O) groups is 1. The summed E-state index contributed by atoms with van der Waals surface area (Å²) in [5.74, 6) is 0.590.